The number of carbonyl (C=O) groups is 1. The number of nitrogens with zero attached hydrogens (tertiary/aromatic N) is 5. The minimum absolute atomic E-state index is 0.163. The number of benzene rings is 1. The van der Waals surface area contributed by atoms with E-state index in [1.807, 2.05) is 18.2 Å². The van der Waals surface area contributed by atoms with Crippen LogP contribution in [0.5, 0.6) is 0 Å². The van der Waals surface area contributed by atoms with Gasteiger partial charge in [-0.3, -0.25) is 9.48 Å². The molecule has 0 fully saturated rings. The standard InChI is InChI=1S/C16H14BrClN6O3/c1-10-6-14(24(26)27)20-23(10)9-15(25)19-16-12(17)8-22(21-16)7-11-4-2-3-5-13(11)18/h2-6,8H,7,9H2,1H3,(H,19,21,25). The highest BCUT2D eigenvalue weighted by atomic mass is 79.9. The number of nitro groups is 1. The number of rotatable bonds is 6. The van der Waals surface area contributed by atoms with Crippen molar-refractivity contribution in [3.63, 3.8) is 0 Å². The number of aromatic nitrogens is 4. The lowest BCUT2D eigenvalue weighted by Gasteiger charge is -2.04. The summed E-state index contributed by atoms with van der Waals surface area (Å²) in [5.41, 5.74) is 1.41. The van der Waals surface area contributed by atoms with E-state index in [4.69, 9.17) is 11.6 Å². The molecule has 0 saturated heterocycles. The zero-order valence-electron chi connectivity index (χ0n) is 14.1. The van der Waals surface area contributed by atoms with Gasteiger partial charge in [0.2, 0.25) is 5.91 Å². The van der Waals surface area contributed by atoms with E-state index in [0.29, 0.717) is 27.6 Å². The first kappa shape index (κ1) is 19.1. The van der Waals surface area contributed by atoms with Crippen LogP contribution in [0.15, 0.2) is 41.0 Å². The summed E-state index contributed by atoms with van der Waals surface area (Å²) in [6, 6.07) is 8.72. The highest BCUT2D eigenvalue weighted by Gasteiger charge is 2.18. The Morgan fingerprint density at radius 1 is 1.37 bits per heavy atom. The molecule has 1 N–H and O–H groups in total. The van der Waals surface area contributed by atoms with Crippen molar-refractivity contribution in [2.45, 2.75) is 20.0 Å². The van der Waals surface area contributed by atoms with Crippen LogP contribution in [-0.2, 0) is 17.9 Å². The van der Waals surface area contributed by atoms with Crippen LogP contribution in [0.4, 0.5) is 11.6 Å². The Bertz CT molecular complexity index is 1020. The van der Waals surface area contributed by atoms with Crippen LogP contribution in [0, 0.1) is 17.0 Å². The second kappa shape index (κ2) is 7.89. The van der Waals surface area contributed by atoms with Gasteiger partial charge in [-0.2, -0.15) is 9.78 Å². The monoisotopic (exact) mass is 452 g/mol. The third-order valence-corrected chi connectivity index (χ3v) is 4.66. The summed E-state index contributed by atoms with van der Waals surface area (Å²) in [5.74, 6) is -0.364. The van der Waals surface area contributed by atoms with Crippen molar-refractivity contribution in [3.05, 3.63) is 67.4 Å². The van der Waals surface area contributed by atoms with Crippen LogP contribution >= 0.6 is 27.5 Å². The largest absolute Gasteiger partial charge is 0.390 e. The van der Waals surface area contributed by atoms with Crippen molar-refractivity contribution in [2.24, 2.45) is 0 Å². The van der Waals surface area contributed by atoms with Gasteiger partial charge in [0.05, 0.1) is 27.9 Å². The molecule has 0 spiro atoms. The summed E-state index contributed by atoms with van der Waals surface area (Å²) in [4.78, 5) is 22.4. The topological polar surface area (TPSA) is 108 Å². The van der Waals surface area contributed by atoms with Gasteiger partial charge in [-0.1, -0.05) is 29.8 Å². The van der Waals surface area contributed by atoms with Gasteiger partial charge in [0, 0.05) is 11.2 Å². The van der Waals surface area contributed by atoms with Crippen LogP contribution in [-0.4, -0.2) is 30.4 Å². The van der Waals surface area contributed by atoms with Crippen LogP contribution < -0.4 is 5.32 Å². The Morgan fingerprint density at radius 2 is 2.11 bits per heavy atom. The van der Waals surface area contributed by atoms with Crippen molar-refractivity contribution in [1.82, 2.24) is 19.6 Å². The number of anilines is 1. The van der Waals surface area contributed by atoms with E-state index in [9.17, 15) is 14.9 Å². The number of amides is 1. The van der Waals surface area contributed by atoms with Gasteiger partial charge in [-0.25, -0.2) is 0 Å². The van der Waals surface area contributed by atoms with Gasteiger partial charge < -0.3 is 15.4 Å². The number of nitrogens with one attached hydrogen (secondary N) is 1. The van der Waals surface area contributed by atoms with Crippen LogP contribution in [0.3, 0.4) is 0 Å². The normalized spacial score (nSPS) is 10.8. The van der Waals surface area contributed by atoms with Crippen LogP contribution in [0.1, 0.15) is 11.3 Å². The molecule has 3 rings (SSSR count). The molecule has 9 nitrogen and oxygen atoms in total. The lowest BCUT2D eigenvalue weighted by molar-refractivity contribution is -0.389. The first-order chi connectivity index (χ1) is 12.8. The zero-order chi connectivity index (χ0) is 19.6. The molecular weight excluding hydrogens is 440 g/mol. The molecule has 1 amide bonds. The van der Waals surface area contributed by atoms with Crippen molar-refractivity contribution in [2.75, 3.05) is 5.32 Å². The van der Waals surface area contributed by atoms with E-state index < -0.39 is 10.8 Å². The van der Waals surface area contributed by atoms with Gasteiger partial charge >= 0.3 is 5.82 Å². The van der Waals surface area contributed by atoms with Crippen molar-refractivity contribution < 1.29 is 9.72 Å². The van der Waals surface area contributed by atoms with Gasteiger partial charge in [0.1, 0.15) is 6.54 Å². The number of carbonyl (C=O) groups excluding carboxylic acids is 1. The molecule has 2 aromatic heterocycles. The molecule has 0 aliphatic rings. The molecule has 3 aromatic rings. The van der Waals surface area contributed by atoms with Crippen molar-refractivity contribution in [1.29, 1.82) is 0 Å². The number of aryl methyl sites for hydroxylation is 1. The molecule has 0 saturated carbocycles. The minimum atomic E-state index is -0.603. The minimum Gasteiger partial charge on any atom is -0.358 e. The molecule has 0 radical (unpaired) electrons. The number of hydrogen-bond acceptors (Lipinski definition) is 5. The quantitative estimate of drug-likeness (QED) is 0.454. The van der Waals surface area contributed by atoms with Gasteiger partial charge in [-0.15, -0.1) is 0 Å². The number of hydrogen-bond donors (Lipinski definition) is 1. The van der Waals surface area contributed by atoms with E-state index in [1.165, 1.54) is 10.7 Å². The highest BCUT2D eigenvalue weighted by molar-refractivity contribution is 9.10. The second-order valence-corrected chi connectivity index (χ2v) is 6.98. The maximum absolute atomic E-state index is 12.3. The predicted molar refractivity (Wildman–Crippen MR) is 103 cm³/mol. The summed E-state index contributed by atoms with van der Waals surface area (Å²) < 4.78 is 3.51. The molecule has 0 aliphatic heterocycles. The first-order valence-corrected chi connectivity index (χ1v) is 8.95. The Balaban J connectivity index is 1.69. The average Bonchev–Trinajstić information content (AvgIpc) is 3.13. The molecular formula is C16H14BrClN6O3. The maximum Gasteiger partial charge on any atom is 0.390 e. The van der Waals surface area contributed by atoms with E-state index in [2.05, 4.69) is 31.4 Å². The smallest absolute Gasteiger partial charge is 0.358 e. The van der Waals surface area contributed by atoms with Crippen molar-refractivity contribution in [3.8, 4) is 0 Å². The zero-order valence-corrected chi connectivity index (χ0v) is 16.4. The van der Waals surface area contributed by atoms with E-state index in [1.54, 1.807) is 23.9 Å². The lowest BCUT2D eigenvalue weighted by Crippen LogP contribution is -2.21. The Morgan fingerprint density at radius 3 is 2.78 bits per heavy atom. The molecule has 0 unspecified atom stereocenters. The molecule has 11 heteroatoms. The molecule has 2 heterocycles. The van der Waals surface area contributed by atoms with Gasteiger partial charge in [-0.05, 0) is 39.4 Å². The van der Waals surface area contributed by atoms with Crippen molar-refractivity contribution >= 4 is 45.1 Å². The molecule has 0 aliphatic carbocycles. The third kappa shape index (κ3) is 4.52. The number of halogens is 2. The summed E-state index contributed by atoms with van der Waals surface area (Å²) in [7, 11) is 0. The van der Waals surface area contributed by atoms with Crippen LogP contribution in [0.2, 0.25) is 5.02 Å². The SMILES string of the molecule is Cc1cc([N+](=O)[O-])nn1CC(=O)Nc1nn(Cc2ccccc2Cl)cc1Br. The Labute approximate surface area is 167 Å². The fourth-order valence-corrected chi connectivity index (χ4v) is 3.02. The maximum atomic E-state index is 12.3. The molecule has 0 atom stereocenters. The summed E-state index contributed by atoms with van der Waals surface area (Å²) in [5, 5.41) is 22.2. The van der Waals surface area contributed by atoms with Gasteiger partial charge in [0.15, 0.2) is 5.82 Å². The van der Waals surface area contributed by atoms with E-state index >= 15 is 0 Å². The second-order valence-electron chi connectivity index (χ2n) is 5.72. The Kier molecular flexibility index (Phi) is 5.57. The van der Waals surface area contributed by atoms with Gasteiger partial charge in [0.25, 0.3) is 0 Å². The molecule has 140 valence electrons. The first-order valence-electron chi connectivity index (χ1n) is 7.78. The summed E-state index contributed by atoms with van der Waals surface area (Å²) in [6.45, 7) is 1.92. The predicted octanol–water partition coefficient (Wildman–Crippen LogP) is 3.40. The lowest BCUT2D eigenvalue weighted by atomic mass is 10.2. The fraction of sp³-hybridized carbons (Fsp3) is 0.188. The van der Waals surface area contributed by atoms with Crippen LogP contribution in [0.25, 0.3) is 0 Å². The van der Waals surface area contributed by atoms with E-state index in [0.717, 1.165) is 5.56 Å². The summed E-state index contributed by atoms with van der Waals surface area (Å²) in [6.07, 6.45) is 1.73. The molecule has 1 aromatic carbocycles. The highest BCUT2D eigenvalue weighted by Crippen LogP contribution is 2.22. The van der Waals surface area contributed by atoms with E-state index in [-0.39, 0.29) is 12.4 Å². The fourth-order valence-electron chi connectivity index (χ4n) is 2.41. The molecule has 0 bridgehead atoms. The average molecular weight is 454 g/mol. The Hall–Kier alpha value is -2.72. The third-order valence-electron chi connectivity index (χ3n) is 3.71. The molecule has 27 heavy (non-hydrogen) atoms. The summed E-state index contributed by atoms with van der Waals surface area (Å²) >= 11 is 9.51.